The topological polar surface area (TPSA) is 47.6 Å². The highest BCUT2D eigenvalue weighted by atomic mass is 16.5. The van der Waals surface area contributed by atoms with E-state index in [4.69, 9.17) is 9.47 Å². The molecular weight excluding hydrogens is 362 g/mol. The van der Waals surface area contributed by atoms with Crippen molar-refractivity contribution in [2.75, 3.05) is 13.2 Å². The summed E-state index contributed by atoms with van der Waals surface area (Å²) in [4.78, 5) is 12.4. The molecule has 0 saturated heterocycles. The maximum Gasteiger partial charge on any atom is 0.220 e. The number of aryl methyl sites for hydroxylation is 1. The number of hydrogen-bond acceptors (Lipinski definition) is 3. The van der Waals surface area contributed by atoms with Gasteiger partial charge in [0.2, 0.25) is 5.91 Å². The lowest BCUT2D eigenvalue weighted by Crippen LogP contribution is -2.26. The molecule has 2 aromatic carbocycles. The Bertz CT molecular complexity index is 791. The van der Waals surface area contributed by atoms with Gasteiger partial charge in [0.15, 0.2) is 11.5 Å². The fourth-order valence-corrected chi connectivity index (χ4v) is 3.18. The molecule has 0 fully saturated rings. The van der Waals surface area contributed by atoms with Gasteiger partial charge in [0.05, 0.1) is 19.3 Å². The summed E-state index contributed by atoms with van der Waals surface area (Å²) in [6.07, 6.45) is 1.10. The normalized spacial score (nSPS) is 12.3. The SMILES string of the molecule is CCOc1ccc(CCC(=O)NC(C)c2ccc(C(C)(C)C)cc2)cc1OCC. The third-order valence-electron chi connectivity index (χ3n) is 4.90. The summed E-state index contributed by atoms with van der Waals surface area (Å²) >= 11 is 0. The van der Waals surface area contributed by atoms with Crippen molar-refractivity contribution in [1.29, 1.82) is 0 Å². The van der Waals surface area contributed by atoms with Crippen molar-refractivity contribution in [3.8, 4) is 11.5 Å². The highest BCUT2D eigenvalue weighted by Gasteiger charge is 2.15. The standard InChI is InChI=1S/C25H35NO3/c1-7-28-22-15-9-19(17-23(22)29-8-2)10-16-24(27)26-18(3)20-11-13-21(14-12-20)25(4,5)6/h9,11-15,17-18H,7-8,10,16H2,1-6H3,(H,26,27). The van der Waals surface area contributed by atoms with Crippen LogP contribution in [0, 0.1) is 0 Å². The Morgan fingerprint density at radius 3 is 2.17 bits per heavy atom. The number of benzene rings is 2. The second-order valence-electron chi connectivity index (χ2n) is 8.31. The lowest BCUT2D eigenvalue weighted by Gasteiger charge is -2.20. The van der Waals surface area contributed by atoms with E-state index in [1.807, 2.05) is 39.0 Å². The molecule has 0 spiro atoms. The zero-order chi connectivity index (χ0) is 21.4. The molecule has 1 unspecified atom stereocenters. The maximum absolute atomic E-state index is 12.4. The molecule has 2 rings (SSSR count). The van der Waals surface area contributed by atoms with E-state index >= 15 is 0 Å². The molecular formula is C25H35NO3. The molecule has 158 valence electrons. The zero-order valence-corrected chi connectivity index (χ0v) is 18.7. The fraction of sp³-hybridized carbons (Fsp3) is 0.480. The summed E-state index contributed by atoms with van der Waals surface area (Å²) in [5.41, 5.74) is 3.60. The first-order valence-corrected chi connectivity index (χ1v) is 10.5. The van der Waals surface area contributed by atoms with Crippen molar-refractivity contribution in [1.82, 2.24) is 5.32 Å². The van der Waals surface area contributed by atoms with E-state index in [1.165, 1.54) is 5.56 Å². The molecule has 1 N–H and O–H groups in total. The van der Waals surface area contributed by atoms with E-state index in [0.717, 1.165) is 22.6 Å². The average molecular weight is 398 g/mol. The first-order valence-electron chi connectivity index (χ1n) is 10.5. The number of amides is 1. The van der Waals surface area contributed by atoms with E-state index in [1.54, 1.807) is 0 Å². The smallest absolute Gasteiger partial charge is 0.220 e. The van der Waals surface area contributed by atoms with Crippen molar-refractivity contribution < 1.29 is 14.3 Å². The van der Waals surface area contributed by atoms with Crippen LogP contribution in [-0.2, 0) is 16.6 Å². The van der Waals surface area contributed by atoms with Crippen LogP contribution in [0.3, 0.4) is 0 Å². The van der Waals surface area contributed by atoms with Crippen LogP contribution in [0.5, 0.6) is 11.5 Å². The van der Waals surface area contributed by atoms with Crippen LogP contribution >= 0.6 is 0 Å². The predicted molar refractivity (Wildman–Crippen MR) is 119 cm³/mol. The molecule has 1 atom stereocenters. The lowest BCUT2D eigenvalue weighted by atomic mass is 9.86. The highest BCUT2D eigenvalue weighted by molar-refractivity contribution is 5.76. The monoisotopic (exact) mass is 397 g/mol. The molecule has 0 aliphatic rings. The lowest BCUT2D eigenvalue weighted by molar-refractivity contribution is -0.121. The van der Waals surface area contributed by atoms with E-state index < -0.39 is 0 Å². The Kier molecular flexibility index (Phi) is 8.12. The molecule has 4 nitrogen and oxygen atoms in total. The van der Waals surface area contributed by atoms with E-state index in [2.05, 4.69) is 50.4 Å². The Morgan fingerprint density at radius 1 is 0.966 bits per heavy atom. The maximum atomic E-state index is 12.4. The number of rotatable bonds is 9. The highest BCUT2D eigenvalue weighted by Crippen LogP contribution is 2.29. The molecule has 0 aromatic heterocycles. The fourth-order valence-electron chi connectivity index (χ4n) is 3.18. The largest absolute Gasteiger partial charge is 0.490 e. The Labute approximate surface area is 175 Å². The van der Waals surface area contributed by atoms with Gasteiger partial charge in [0, 0.05) is 6.42 Å². The minimum atomic E-state index is -0.0177. The van der Waals surface area contributed by atoms with Crippen LogP contribution in [0.25, 0.3) is 0 Å². The van der Waals surface area contributed by atoms with Crippen molar-refractivity contribution >= 4 is 5.91 Å². The van der Waals surface area contributed by atoms with Crippen molar-refractivity contribution in [3.63, 3.8) is 0 Å². The van der Waals surface area contributed by atoms with Gasteiger partial charge in [-0.1, -0.05) is 51.1 Å². The van der Waals surface area contributed by atoms with E-state index in [-0.39, 0.29) is 17.4 Å². The quantitative estimate of drug-likeness (QED) is 0.600. The van der Waals surface area contributed by atoms with Crippen LogP contribution in [0.1, 0.15) is 70.7 Å². The number of hydrogen-bond donors (Lipinski definition) is 1. The summed E-state index contributed by atoms with van der Waals surface area (Å²) < 4.78 is 11.3. The van der Waals surface area contributed by atoms with Crippen LogP contribution in [0.4, 0.5) is 0 Å². The third-order valence-corrected chi connectivity index (χ3v) is 4.90. The second-order valence-corrected chi connectivity index (χ2v) is 8.31. The zero-order valence-electron chi connectivity index (χ0n) is 18.7. The minimum absolute atomic E-state index is 0.0177. The predicted octanol–water partition coefficient (Wildman–Crippen LogP) is 5.59. The Morgan fingerprint density at radius 2 is 1.59 bits per heavy atom. The van der Waals surface area contributed by atoms with Gasteiger partial charge in [0.25, 0.3) is 0 Å². The van der Waals surface area contributed by atoms with Crippen molar-refractivity contribution in [2.45, 2.75) is 65.8 Å². The molecule has 0 saturated carbocycles. The molecule has 29 heavy (non-hydrogen) atoms. The molecule has 0 radical (unpaired) electrons. The second kappa shape index (κ2) is 10.3. The third kappa shape index (κ3) is 6.81. The van der Waals surface area contributed by atoms with Gasteiger partial charge in [-0.15, -0.1) is 0 Å². The Hall–Kier alpha value is -2.49. The first kappa shape index (κ1) is 22.8. The van der Waals surface area contributed by atoms with Gasteiger partial charge in [-0.05, 0) is 61.4 Å². The summed E-state index contributed by atoms with van der Waals surface area (Å²) in [6.45, 7) is 13.7. The van der Waals surface area contributed by atoms with Crippen LogP contribution < -0.4 is 14.8 Å². The number of carbonyl (C=O) groups is 1. The molecule has 0 aliphatic heterocycles. The van der Waals surface area contributed by atoms with Gasteiger partial charge in [-0.3, -0.25) is 4.79 Å². The summed E-state index contributed by atoms with van der Waals surface area (Å²) in [6, 6.07) is 14.4. The summed E-state index contributed by atoms with van der Waals surface area (Å²) in [5, 5.41) is 3.10. The van der Waals surface area contributed by atoms with Crippen LogP contribution in [0.2, 0.25) is 0 Å². The van der Waals surface area contributed by atoms with Gasteiger partial charge >= 0.3 is 0 Å². The van der Waals surface area contributed by atoms with Crippen molar-refractivity contribution in [2.24, 2.45) is 0 Å². The van der Waals surface area contributed by atoms with E-state index in [0.29, 0.717) is 26.1 Å². The molecule has 1 amide bonds. The summed E-state index contributed by atoms with van der Waals surface area (Å²) in [7, 11) is 0. The van der Waals surface area contributed by atoms with Gasteiger partial charge in [-0.2, -0.15) is 0 Å². The van der Waals surface area contributed by atoms with Gasteiger partial charge < -0.3 is 14.8 Å². The van der Waals surface area contributed by atoms with Gasteiger partial charge in [-0.25, -0.2) is 0 Å². The molecule has 4 heteroatoms. The van der Waals surface area contributed by atoms with Crippen LogP contribution in [-0.4, -0.2) is 19.1 Å². The minimum Gasteiger partial charge on any atom is -0.490 e. The van der Waals surface area contributed by atoms with E-state index in [9.17, 15) is 4.79 Å². The summed E-state index contributed by atoms with van der Waals surface area (Å²) in [5.74, 6) is 1.53. The average Bonchev–Trinajstić information content (AvgIpc) is 2.68. The van der Waals surface area contributed by atoms with Gasteiger partial charge in [0.1, 0.15) is 0 Å². The molecule has 0 aliphatic carbocycles. The number of carbonyl (C=O) groups excluding carboxylic acids is 1. The number of nitrogens with one attached hydrogen (secondary N) is 1. The molecule has 2 aromatic rings. The van der Waals surface area contributed by atoms with Crippen molar-refractivity contribution in [3.05, 3.63) is 59.2 Å². The number of ether oxygens (including phenoxy) is 2. The molecule has 0 bridgehead atoms. The Balaban J connectivity index is 1.93. The molecule has 0 heterocycles. The van der Waals surface area contributed by atoms with Crippen LogP contribution in [0.15, 0.2) is 42.5 Å². The first-order chi connectivity index (χ1) is 13.7.